The lowest BCUT2D eigenvalue weighted by Gasteiger charge is -2.46. The minimum atomic E-state index is -0.0128. The molecule has 562 valence electrons. The van der Waals surface area contributed by atoms with E-state index in [9.17, 15) is 0 Å². The highest BCUT2D eigenvalue weighted by molar-refractivity contribution is 5.74. The van der Waals surface area contributed by atoms with Gasteiger partial charge in [0.25, 0.3) is 0 Å². The number of rotatable bonds is 6. The predicted molar refractivity (Wildman–Crippen MR) is 453 cm³/mol. The second-order valence-electron chi connectivity index (χ2n) is 35.1. The van der Waals surface area contributed by atoms with Crippen molar-refractivity contribution in [1.82, 2.24) is 23.8 Å². The van der Waals surface area contributed by atoms with Gasteiger partial charge in [-0.05, 0) is 147 Å². The number of hydrogen-bond donors (Lipinski definition) is 0. The van der Waals surface area contributed by atoms with Crippen molar-refractivity contribution >= 4 is 11.4 Å². The SMILES string of the molecule is Cc1cc(C)cc(-c2c[n+](C)n3c2C(C)(C)C(C)(C)c2cccc(C)c2-3)c1.Cc1cccc2c1-n1c(c(-c3ccc(C(C)C)cc3)c[n+]1C)C(C)(C)C2(C)C.Cc1cccc2c1-n1c(c(-c3ccccc3)c[n+]1C)C(C)(C)C2(C)C.Cc1ccccc1N1C=CN(C)[C@H]1C.Cc1ccccc1N1C=CN(C)[C@H]1C. The van der Waals surface area contributed by atoms with Crippen LogP contribution in [0.25, 0.3) is 50.4 Å². The van der Waals surface area contributed by atoms with Crippen molar-refractivity contribution in [2.75, 3.05) is 23.9 Å². The minimum absolute atomic E-state index is 0.000226. The van der Waals surface area contributed by atoms with E-state index in [2.05, 4.69) is 461 Å². The summed E-state index contributed by atoms with van der Waals surface area (Å²) in [4.78, 5) is 8.98. The summed E-state index contributed by atoms with van der Waals surface area (Å²) in [5.41, 5.74) is 33.7. The Morgan fingerprint density at radius 3 is 0.944 bits per heavy atom. The van der Waals surface area contributed by atoms with Crippen molar-refractivity contribution < 1.29 is 14.0 Å². The lowest BCUT2D eigenvalue weighted by Crippen LogP contribution is -2.51. The quantitative estimate of drug-likeness (QED) is 0.156. The Balaban J connectivity index is 0.000000129. The fourth-order valence-corrected chi connectivity index (χ4v) is 17.5. The smallest absolute Gasteiger partial charge is 0.203 e. The summed E-state index contributed by atoms with van der Waals surface area (Å²) >= 11 is 0. The van der Waals surface area contributed by atoms with Crippen molar-refractivity contribution in [1.29, 1.82) is 0 Å². The van der Waals surface area contributed by atoms with E-state index >= 15 is 0 Å². The van der Waals surface area contributed by atoms with E-state index in [1.165, 1.54) is 140 Å². The molecule has 5 aliphatic rings. The van der Waals surface area contributed by atoms with Crippen LogP contribution in [-0.4, -0.2) is 50.3 Å². The third kappa shape index (κ3) is 13.1. The molecule has 2 atom stereocenters. The number of hydrogen-bond acceptors (Lipinski definition) is 4. The van der Waals surface area contributed by atoms with Crippen LogP contribution in [0.2, 0.25) is 0 Å². The zero-order valence-corrected chi connectivity index (χ0v) is 70.5. The monoisotopic (exact) mass is 1440 g/mol. The van der Waals surface area contributed by atoms with E-state index in [1.54, 1.807) is 0 Å². The number of fused-ring (bicyclic) bond motifs is 9. The van der Waals surface area contributed by atoms with Crippen molar-refractivity contribution in [3.05, 3.63) is 298 Å². The lowest BCUT2D eigenvalue weighted by atomic mass is 9.59. The van der Waals surface area contributed by atoms with Crippen LogP contribution in [-0.2, 0) is 53.6 Å². The van der Waals surface area contributed by atoms with Gasteiger partial charge in [-0.15, -0.1) is 28.1 Å². The number of para-hydroxylation sites is 5. The topological polar surface area (TPSA) is 39.4 Å². The molecule has 0 bridgehead atoms. The van der Waals surface area contributed by atoms with Crippen LogP contribution in [0, 0.1) is 48.5 Å². The third-order valence-electron chi connectivity index (χ3n) is 26.3. The molecule has 8 aromatic carbocycles. The fourth-order valence-electron chi connectivity index (χ4n) is 17.5. The van der Waals surface area contributed by atoms with Crippen LogP contribution in [0.4, 0.5) is 11.4 Å². The molecule has 10 heteroatoms. The zero-order chi connectivity index (χ0) is 78.4. The van der Waals surface area contributed by atoms with Gasteiger partial charge in [-0.1, -0.05) is 272 Å². The van der Waals surface area contributed by atoms with Gasteiger partial charge in [-0.2, -0.15) is 0 Å². The molecule has 0 saturated carbocycles. The van der Waals surface area contributed by atoms with Gasteiger partial charge >= 0.3 is 0 Å². The van der Waals surface area contributed by atoms with Crippen LogP contribution in [0.5, 0.6) is 0 Å². The molecule has 5 aliphatic heterocycles. The van der Waals surface area contributed by atoms with Crippen LogP contribution in [0.3, 0.4) is 0 Å². The second-order valence-corrected chi connectivity index (χ2v) is 35.1. The van der Waals surface area contributed by atoms with E-state index in [1.807, 2.05) is 0 Å². The first-order valence-electron chi connectivity index (χ1n) is 39.2. The molecule has 0 saturated heterocycles. The Kier molecular flexibility index (Phi) is 20.8. The summed E-state index contributed by atoms with van der Waals surface area (Å²) in [6.07, 6.45) is 16.2. The van der Waals surface area contributed by atoms with Gasteiger partial charge in [0.1, 0.15) is 46.5 Å². The van der Waals surface area contributed by atoms with Gasteiger partial charge < -0.3 is 19.6 Å². The molecule has 0 aliphatic carbocycles. The molecule has 3 aromatic heterocycles. The first-order chi connectivity index (χ1) is 50.8. The van der Waals surface area contributed by atoms with Crippen molar-refractivity contribution in [3.8, 4) is 50.4 Å². The number of aromatic nitrogens is 6. The Morgan fingerprint density at radius 2 is 0.630 bits per heavy atom. The van der Waals surface area contributed by atoms with Crippen LogP contribution < -0.4 is 23.8 Å². The maximum absolute atomic E-state index is 2.45. The van der Waals surface area contributed by atoms with Gasteiger partial charge in [0.05, 0.1) is 16.7 Å². The average Bonchev–Trinajstić information content (AvgIpc) is 1.45. The molecular weight excluding hydrogens is 1320 g/mol. The Bertz CT molecular complexity index is 5140. The highest BCUT2D eigenvalue weighted by atomic mass is 15.4. The summed E-state index contributed by atoms with van der Waals surface area (Å²) in [5.74, 6) is 0.554. The van der Waals surface area contributed by atoms with Crippen LogP contribution in [0.15, 0.2) is 219 Å². The molecule has 108 heavy (non-hydrogen) atoms. The molecule has 16 rings (SSSR count). The van der Waals surface area contributed by atoms with E-state index in [4.69, 9.17) is 0 Å². The number of nitrogens with zero attached hydrogens (tertiary/aromatic N) is 10. The van der Waals surface area contributed by atoms with Gasteiger partial charge in [0.15, 0.2) is 21.1 Å². The zero-order valence-electron chi connectivity index (χ0n) is 70.5. The van der Waals surface area contributed by atoms with Crippen LogP contribution in [0.1, 0.15) is 195 Å². The largest absolute Gasteiger partial charge is 0.359 e. The Labute approximate surface area is 648 Å². The molecule has 0 radical (unpaired) electrons. The molecule has 11 aromatic rings. The summed E-state index contributed by atoms with van der Waals surface area (Å²) in [7, 11) is 10.7. The van der Waals surface area contributed by atoms with Gasteiger partial charge in [-0.25, -0.2) is 0 Å². The van der Waals surface area contributed by atoms with Crippen LogP contribution >= 0.6 is 0 Å². The predicted octanol–water partition coefficient (Wildman–Crippen LogP) is 21.4. The minimum Gasteiger partial charge on any atom is -0.359 e. The summed E-state index contributed by atoms with van der Waals surface area (Å²) in [6, 6.07) is 63.9. The number of anilines is 2. The molecule has 0 spiro atoms. The van der Waals surface area contributed by atoms with Gasteiger partial charge in [0.2, 0.25) is 18.6 Å². The number of benzene rings is 8. The van der Waals surface area contributed by atoms with Gasteiger partial charge in [0, 0.05) is 82.8 Å². The van der Waals surface area contributed by atoms with E-state index in [0.717, 1.165) is 0 Å². The van der Waals surface area contributed by atoms with E-state index < -0.39 is 0 Å². The molecular formula is C98H123N10+3. The Hall–Kier alpha value is -9.93. The summed E-state index contributed by atoms with van der Waals surface area (Å²) in [5, 5.41) is 0. The molecule has 0 amide bonds. The maximum Gasteiger partial charge on any atom is 0.203 e. The van der Waals surface area contributed by atoms with Crippen molar-refractivity contribution in [2.24, 2.45) is 21.1 Å². The van der Waals surface area contributed by atoms with Crippen molar-refractivity contribution in [3.63, 3.8) is 0 Å². The standard InChI is InChI=1S/C26H33N2.C25H31N2.C23H27N2.2C12H16N2/c1-17(2)19-12-14-20(15-13-19)21-16-27(8)28-23-18(3)10-9-11-22(23)25(4,5)26(6,7)24(21)28;1-16-12-17(2)14-19(13-16)20-15-26(8)27-22-18(3)10-9-11-21(22)24(4,5)25(6,7)23(20)27;1-16-11-10-14-19-20(16)25-21(23(4,5)22(19,2)3)18(15-24(25)6)17-12-8-7-9-13-17;2*1-10-6-4-5-7-12(10)14-9-8-13(3)11(14)2/h9-17H,1-8H3;9-15H,1-8H3;7-15H,1-6H3;2*4-9,11H,1-3H3/q3*+1;;/t;;;2*11-/m...11/s1. The molecule has 8 heterocycles. The average molecular weight is 1440 g/mol. The normalized spacial score (nSPS) is 17.8. The number of aryl methyl sites for hydroxylation is 10. The molecule has 0 N–H and O–H groups in total. The first-order valence-corrected chi connectivity index (χ1v) is 39.2. The summed E-state index contributed by atoms with van der Waals surface area (Å²) in [6.45, 7) is 53.0. The van der Waals surface area contributed by atoms with E-state index in [0.29, 0.717) is 18.2 Å². The van der Waals surface area contributed by atoms with Crippen molar-refractivity contribution in [2.45, 2.75) is 210 Å². The molecule has 10 nitrogen and oxygen atoms in total. The second kappa shape index (κ2) is 28.9. The maximum atomic E-state index is 2.45. The van der Waals surface area contributed by atoms with Gasteiger partial charge in [-0.3, -0.25) is 0 Å². The fraction of sp³-hybridized carbons (Fsp3) is 0.378. The molecule has 0 unspecified atom stereocenters. The summed E-state index contributed by atoms with van der Waals surface area (Å²) < 4.78 is 14.1. The lowest BCUT2D eigenvalue weighted by molar-refractivity contribution is -0.745. The Morgan fingerprint density at radius 1 is 0.324 bits per heavy atom. The highest BCUT2D eigenvalue weighted by Gasteiger charge is 2.54. The highest BCUT2D eigenvalue weighted by Crippen LogP contribution is 2.56. The first kappa shape index (κ1) is 77.7. The molecule has 0 fully saturated rings. The van der Waals surface area contributed by atoms with E-state index in [-0.39, 0.29) is 32.5 Å². The third-order valence-corrected chi connectivity index (χ3v) is 26.3.